The van der Waals surface area contributed by atoms with Crippen molar-refractivity contribution in [3.63, 3.8) is 0 Å². The first-order chi connectivity index (χ1) is 34.6. The highest BCUT2D eigenvalue weighted by Gasteiger charge is 2.21. The van der Waals surface area contributed by atoms with E-state index in [1.54, 1.807) is 0 Å². The topological polar surface area (TPSA) is 111 Å². The first-order valence-corrected chi connectivity index (χ1v) is 27.3. The molecule has 0 bridgehead atoms. The third kappa shape index (κ3) is 53.1. The van der Waals surface area contributed by atoms with Crippen LogP contribution in [0.2, 0.25) is 0 Å². The average Bonchev–Trinajstić information content (AvgIpc) is 3.34. The van der Waals surface area contributed by atoms with Crippen molar-refractivity contribution in [2.45, 2.75) is 193 Å². The largest absolute Gasteiger partial charge is 0.545 e. The number of rotatable bonds is 48. The van der Waals surface area contributed by atoms with E-state index in [9.17, 15) is 19.5 Å². The van der Waals surface area contributed by atoms with Crippen LogP contribution in [0.1, 0.15) is 181 Å². The molecular formula is C62H99NO8. The van der Waals surface area contributed by atoms with Gasteiger partial charge in [-0.05, 0) is 116 Å². The number of esters is 2. The number of hydrogen-bond acceptors (Lipinski definition) is 8. The fourth-order valence-electron chi connectivity index (χ4n) is 6.67. The summed E-state index contributed by atoms with van der Waals surface area (Å²) in [6.07, 6.45) is 70.7. The van der Waals surface area contributed by atoms with Gasteiger partial charge in [0.2, 0.25) is 0 Å². The van der Waals surface area contributed by atoms with Gasteiger partial charge in [-0.25, -0.2) is 0 Å². The lowest BCUT2D eigenvalue weighted by Crippen LogP contribution is -2.44. The molecule has 2 atom stereocenters. The monoisotopic (exact) mass is 986 g/mol. The Morgan fingerprint density at radius 1 is 0.437 bits per heavy atom. The number of carboxylic acid groups (broad SMARTS) is 1. The van der Waals surface area contributed by atoms with E-state index < -0.39 is 24.3 Å². The summed E-state index contributed by atoms with van der Waals surface area (Å²) in [5.41, 5.74) is 0. The van der Waals surface area contributed by atoms with E-state index in [4.69, 9.17) is 18.9 Å². The lowest BCUT2D eigenvalue weighted by atomic mass is 10.1. The molecule has 0 N–H and O–H groups in total. The summed E-state index contributed by atoms with van der Waals surface area (Å²) in [7, 11) is 5.89. The fourth-order valence-corrected chi connectivity index (χ4v) is 6.67. The maximum absolute atomic E-state index is 12.8. The molecule has 0 amide bonds. The van der Waals surface area contributed by atoms with E-state index in [-0.39, 0.29) is 38.6 Å². The Morgan fingerprint density at radius 2 is 0.803 bits per heavy atom. The molecule has 0 fully saturated rings. The van der Waals surface area contributed by atoms with Crippen molar-refractivity contribution in [3.05, 3.63) is 134 Å². The van der Waals surface area contributed by atoms with E-state index >= 15 is 0 Å². The molecule has 0 aromatic heterocycles. The summed E-state index contributed by atoms with van der Waals surface area (Å²) in [4.78, 5) is 37.2. The lowest BCUT2D eigenvalue weighted by molar-refractivity contribution is -0.870. The molecule has 9 nitrogen and oxygen atoms in total. The SMILES string of the molecule is CC/C=C\C/C=C\C/C=C\C/C=C\C/C=C\C/C=C\C/C=C\C/C=C\C/C=C\CCCCCC(=O)OC(COC(=O)CCCCCCC/C=C\C/C=C\CCCCC)COC(OCC[N+](C)(C)C)C(=O)[O-]. The molecule has 0 aromatic rings. The normalized spacial score (nSPS) is 13.9. The number of allylic oxidation sites excluding steroid dienone is 22. The van der Waals surface area contributed by atoms with Crippen molar-refractivity contribution >= 4 is 17.9 Å². The van der Waals surface area contributed by atoms with Gasteiger partial charge in [-0.2, -0.15) is 0 Å². The number of likely N-dealkylation sites (N-methyl/N-ethyl adjacent to an activating group) is 1. The lowest BCUT2D eigenvalue weighted by Gasteiger charge is -2.26. The number of hydrogen-bond donors (Lipinski definition) is 0. The van der Waals surface area contributed by atoms with Crippen LogP contribution in [0.5, 0.6) is 0 Å². The number of unbranched alkanes of at least 4 members (excludes halogenated alkanes) is 11. The van der Waals surface area contributed by atoms with Crippen LogP contribution < -0.4 is 5.11 Å². The number of carboxylic acids is 1. The third-order valence-corrected chi connectivity index (χ3v) is 10.9. The molecule has 0 aliphatic heterocycles. The third-order valence-electron chi connectivity index (χ3n) is 10.9. The summed E-state index contributed by atoms with van der Waals surface area (Å²) in [5, 5.41) is 11.7. The average molecular weight is 986 g/mol. The second-order valence-electron chi connectivity index (χ2n) is 18.8. The van der Waals surface area contributed by atoms with Gasteiger partial charge in [-0.3, -0.25) is 9.59 Å². The predicted octanol–water partition coefficient (Wildman–Crippen LogP) is 14.6. The maximum Gasteiger partial charge on any atom is 0.306 e. The predicted molar refractivity (Wildman–Crippen MR) is 296 cm³/mol. The standard InChI is InChI=1S/C62H99NO8/c1-6-8-10-12-14-16-18-20-22-23-24-25-26-27-28-29-30-31-32-33-34-35-36-37-39-41-43-45-47-49-51-53-60(65)71-58(57-70-62(61(66)67)68-55-54-63(3,4)5)56-69-59(64)52-50-48-46-44-42-40-38-21-19-17-15-13-11-9-7-2/h8,10,14-17,20-22,24-25,27-28,30-31,33-34,36-38,41,43,58,62H,6-7,9,11-13,18-19,23,26,29,32,35,39-40,42,44-57H2,1-5H3/b10-8-,16-14-,17-15-,22-20-,25-24-,28-27-,31-30-,34-33-,37-36-,38-21-,43-41-. The Morgan fingerprint density at radius 3 is 1.21 bits per heavy atom. The van der Waals surface area contributed by atoms with Crippen LogP contribution in [-0.2, 0) is 33.3 Å². The van der Waals surface area contributed by atoms with Crippen LogP contribution in [-0.4, -0.2) is 82.3 Å². The highest BCUT2D eigenvalue weighted by Crippen LogP contribution is 2.12. The summed E-state index contributed by atoms with van der Waals surface area (Å²) in [5.74, 6) is -2.37. The number of ether oxygens (including phenoxy) is 4. The van der Waals surface area contributed by atoms with E-state index in [1.807, 2.05) is 21.1 Å². The number of nitrogens with zero attached hydrogens (tertiary/aromatic N) is 1. The van der Waals surface area contributed by atoms with E-state index in [0.29, 0.717) is 23.9 Å². The van der Waals surface area contributed by atoms with Gasteiger partial charge in [0.05, 0.1) is 40.3 Å². The van der Waals surface area contributed by atoms with Crippen molar-refractivity contribution in [3.8, 4) is 0 Å². The van der Waals surface area contributed by atoms with Crippen LogP contribution >= 0.6 is 0 Å². The number of quaternary nitrogens is 1. The van der Waals surface area contributed by atoms with Crippen molar-refractivity contribution in [1.82, 2.24) is 0 Å². The molecule has 0 aliphatic rings. The first-order valence-electron chi connectivity index (χ1n) is 27.3. The molecule has 2 unspecified atom stereocenters. The first kappa shape index (κ1) is 66.4. The van der Waals surface area contributed by atoms with Gasteiger partial charge in [0.15, 0.2) is 12.4 Å². The summed E-state index contributed by atoms with van der Waals surface area (Å²) >= 11 is 0. The van der Waals surface area contributed by atoms with Gasteiger partial charge in [-0.1, -0.05) is 186 Å². The molecule has 0 aliphatic carbocycles. The zero-order valence-corrected chi connectivity index (χ0v) is 45.3. The van der Waals surface area contributed by atoms with Crippen molar-refractivity contribution in [1.29, 1.82) is 0 Å². The number of aliphatic carboxylic acids is 1. The van der Waals surface area contributed by atoms with Gasteiger partial charge in [0.25, 0.3) is 0 Å². The van der Waals surface area contributed by atoms with Crippen molar-refractivity contribution < 1.29 is 42.9 Å². The van der Waals surface area contributed by atoms with E-state index in [0.717, 1.165) is 116 Å². The van der Waals surface area contributed by atoms with Crippen LogP contribution in [0.15, 0.2) is 134 Å². The molecule has 9 heteroatoms. The van der Waals surface area contributed by atoms with E-state index in [1.165, 1.54) is 25.7 Å². The smallest absolute Gasteiger partial charge is 0.306 e. The molecular weight excluding hydrogens is 887 g/mol. The molecule has 0 saturated carbocycles. The highest BCUT2D eigenvalue weighted by atomic mass is 16.7. The quantitative estimate of drug-likeness (QED) is 0.0195. The molecule has 0 heterocycles. The Labute approximate surface area is 433 Å². The van der Waals surface area contributed by atoms with E-state index in [2.05, 4.69) is 148 Å². The molecule has 71 heavy (non-hydrogen) atoms. The second kappa shape index (κ2) is 51.8. The highest BCUT2D eigenvalue weighted by molar-refractivity contribution is 5.70. The minimum atomic E-state index is -1.64. The maximum atomic E-state index is 12.8. The van der Waals surface area contributed by atoms with Crippen LogP contribution in [0.25, 0.3) is 0 Å². The van der Waals surface area contributed by atoms with Gasteiger partial charge in [-0.15, -0.1) is 0 Å². The molecule has 0 spiro atoms. The Kier molecular flexibility index (Phi) is 48.4. The fraction of sp³-hybridized carbons (Fsp3) is 0.597. The van der Waals surface area contributed by atoms with Gasteiger partial charge in [0, 0.05) is 12.8 Å². The molecule has 0 radical (unpaired) electrons. The Balaban J connectivity index is 4.40. The zero-order valence-electron chi connectivity index (χ0n) is 45.3. The number of carbonyl (C=O) groups excluding carboxylic acids is 3. The minimum Gasteiger partial charge on any atom is -0.545 e. The van der Waals surface area contributed by atoms with Crippen LogP contribution in [0.4, 0.5) is 0 Å². The molecule has 0 saturated heterocycles. The van der Waals surface area contributed by atoms with Crippen molar-refractivity contribution in [2.24, 2.45) is 0 Å². The Hall–Kier alpha value is -4.57. The zero-order chi connectivity index (χ0) is 52.0. The summed E-state index contributed by atoms with van der Waals surface area (Å²) < 4.78 is 22.6. The van der Waals surface area contributed by atoms with Crippen molar-refractivity contribution in [2.75, 3.05) is 47.5 Å². The van der Waals surface area contributed by atoms with Crippen LogP contribution in [0, 0.1) is 0 Å². The molecule has 0 rings (SSSR count). The second-order valence-corrected chi connectivity index (χ2v) is 18.8. The summed E-state index contributed by atoms with van der Waals surface area (Å²) in [6.45, 7) is 4.51. The minimum absolute atomic E-state index is 0.130. The summed E-state index contributed by atoms with van der Waals surface area (Å²) in [6, 6.07) is 0. The molecule has 0 aromatic carbocycles. The van der Waals surface area contributed by atoms with Crippen LogP contribution in [0.3, 0.4) is 0 Å². The van der Waals surface area contributed by atoms with Gasteiger partial charge >= 0.3 is 11.9 Å². The molecule has 400 valence electrons. The Bertz CT molecular complexity index is 1620. The van der Waals surface area contributed by atoms with Gasteiger partial charge in [0.1, 0.15) is 13.2 Å². The number of carbonyl (C=O) groups is 3. The van der Waals surface area contributed by atoms with Gasteiger partial charge < -0.3 is 33.3 Å².